The zero-order chi connectivity index (χ0) is 12.0. The maximum absolute atomic E-state index is 10.7. The molecule has 5 nitrogen and oxygen atoms in total. The molecule has 1 aliphatic rings. The quantitative estimate of drug-likeness (QED) is 0.390. The molecular weight excluding hydrogens is 212 g/mol. The van der Waals surface area contributed by atoms with Gasteiger partial charge in [0, 0.05) is 20.5 Å². The van der Waals surface area contributed by atoms with Crippen molar-refractivity contribution in [1.29, 1.82) is 0 Å². The van der Waals surface area contributed by atoms with Crippen molar-refractivity contribution in [2.45, 2.75) is 38.8 Å². The highest BCUT2D eigenvalue weighted by atomic mass is 16.7. The largest absolute Gasteiger partial charge is 0.458 e. The summed E-state index contributed by atoms with van der Waals surface area (Å²) < 4.78 is 20.5. The Hall–Kier alpha value is -0.910. The number of carbonyl (C=O) groups excluding carboxylic acids is 1. The van der Waals surface area contributed by atoms with Crippen LogP contribution in [0.15, 0.2) is 12.2 Å². The SMILES string of the molecule is COC(C)OCO[C@@H]1C=C[C@H](OC(C)=O)C1. The lowest BCUT2D eigenvalue weighted by molar-refractivity contribution is -0.183. The molecule has 1 unspecified atom stereocenters. The molecule has 5 heteroatoms. The van der Waals surface area contributed by atoms with Gasteiger partial charge in [0.05, 0.1) is 6.10 Å². The van der Waals surface area contributed by atoms with E-state index < -0.39 is 0 Å². The normalized spacial score (nSPS) is 25.7. The van der Waals surface area contributed by atoms with Gasteiger partial charge in [-0.15, -0.1) is 0 Å². The molecule has 16 heavy (non-hydrogen) atoms. The summed E-state index contributed by atoms with van der Waals surface area (Å²) in [6, 6.07) is 0. The highest BCUT2D eigenvalue weighted by Crippen LogP contribution is 2.17. The maximum Gasteiger partial charge on any atom is 0.303 e. The van der Waals surface area contributed by atoms with Crippen LogP contribution in [0.2, 0.25) is 0 Å². The molecule has 3 atom stereocenters. The van der Waals surface area contributed by atoms with Gasteiger partial charge in [-0.1, -0.05) is 6.08 Å². The highest BCUT2D eigenvalue weighted by molar-refractivity contribution is 5.66. The van der Waals surface area contributed by atoms with Crippen LogP contribution in [-0.4, -0.2) is 38.4 Å². The van der Waals surface area contributed by atoms with Gasteiger partial charge in [0.15, 0.2) is 13.1 Å². The second-order valence-electron chi connectivity index (χ2n) is 3.56. The van der Waals surface area contributed by atoms with Gasteiger partial charge in [-0.3, -0.25) is 4.79 Å². The van der Waals surface area contributed by atoms with Crippen molar-refractivity contribution in [3.63, 3.8) is 0 Å². The highest BCUT2D eigenvalue weighted by Gasteiger charge is 2.21. The smallest absolute Gasteiger partial charge is 0.303 e. The number of methoxy groups -OCH3 is 1. The summed E-state index contributed by atoms with van der Waals surface area (Å²) in [7, 11) is 1.57. The maximum atomic E-state index is 10.7. The van der Waals surface area contributed by atoms with E-state index in [0.29, 0.717) is 6.42 Å². The summed E-state index contributed by atoms with van der Waals surface area (Å²) in [6.07, 6.45) is 3.82. The zero-order valence-electron chi connectivity index (χ0n) is 9.84. The fourth-order valence-electron chi connectivity index (χ4n) is 1.35. The van der Waals surface area contributed by atoms with E-state index in [4.69, 9.17) is 18.9 Å². The van der Waals surface area contributed by atoms with Crippen LogP contribution < -0.4 is 0 Å². The van der Waals surface area contributed by atoms with Crippen LogP contribution in [0, 0.1) is 0 Å². The van der Waals surface area contributed by atoms with E-state index in [1.807, 2.05) is 12.2 Å². The summed E-state index contributed by atoms with van der Waals surface area (Å²) in [5, 5.41) is 0. The number of hydrogen-bond acceptors (Lipinski definition) is 5. The van der Waals surface area contributed by atoms with Gasteiger partial charge in [0.25, 0.3) is 0 Å². The lowest BCUT2D eigenvalue weighted by atomic mass is 10.3. The zero-order valence-corrected chi connectivity index (χ0v) is 9.84. The Labute approximate surface area is 95.3 Å². The average molecular weight is 230 g/mol. The van der Waals surface area contributed by atoms with Crippen LogP contribution in [0.4, 0.5) is 0 Å². The van der Waals surface area contributed by atoms with E-state index in [2.05, 4.69) is 0 Å². The standard InChI is InChI=1S/C11H18O5/c1-8(12)16-11-5-4-10(6-11)15-7-14-9(2)13-3/h4-5,9-11H,6-7H2,1-3H3/t9?,10-,11+/m1/s1. The summed E-state index contributed by atoms with van der Waals surface area (Å²) in [5.74, 6) is -0.278. The molecule has 0 spiro atoms. The van der Waals surface area contributed by atoms with Crippen LogP contribution in [-0.2, 0) is 23.7 Å². The van der Waals surface area contributed by atoms with Crippen LogP contribution in [0.5, 0.6) is 0 Å². The molecule has 0 aromatic heterocycles. The molecule has 0 saturated carbocycles. The van der Waals surface area contributed by atoms with Crippen molar-refractivity contribution in [1.82, 2.24) is 0 Å². The fourth-order valence-corrected chi connectivity index (χ4v) is 1.35. The minimum Gasteiger partial charge on any atom is -0.458 e. The second kappa shape index (κ2) is 6.62. The summed E-state index contributed by atoms with van der Waals surface area (Å²) >= 11 is 0. The fraction of sp³-hybridized carbons (Fsp3) is 0.727. The molecule has 0 aliphatic heterocycles. The van der Waals surface area contributed by atoms with Gasteiger partial charge < -0.3 is 18.9 Å². The molecule has 0 bridgehead atoms. The third-order valence-electron chi connectivity index (χ3n) is 2.24. The van der Waals surface area contributed by atoms with Crippen molar-refractivity contribution in [3.05, 3.63) is 12.2 Å². The first-order valence-electron chi connectivity index (χ1n) is 5.23. The molecule has 0 amide bonds. The molecule has 0 saturated heterocycles. The van der Waals surface area contributed by atoms with Gasteiger partial charge in [-0.2, -0.15) is 0 Å². The second-order valence-corrected chi connectivity index (χ2v) is 3.56. The molecule has 1 aliphatic carbocycles. The molecule has 0 aromatic carbocycles. The molecule has 0 fully saturated rings. The van der Waals surface area contributed by atoms with Gasteiger partial charge in [0.2, 0.25) is 0 Å². The minimum atomic E-state index is -0.283. The molecule has 0 radical (unpaired) electrons. The Bertz CT molecular complexity index is 251. The average Bonchev–Trinajstić information content (AvgIpc) is 2.64. The van der Waals surface area contributed by atoms with Gasteiger partial charge in [-0.25, -0.2) is 0 Å². The monoisotopic (exact) mass is 230 g/mol. The summed E-state index contributed by atoms with van der Waals surface area (Å²) in [6.45, 7) is 3.34. The first-order valence-corrected chi connectivity index (χ1v) is 5.23. The Morgan fingerprint density at radius 2 is 2.12 bits per heavy atom. The van der Waals surface area contributed by atoms with Crippen LogP contribution >= 0.6 is 0 Å². The van der Waals surface area contributed by atoms with Crippen LogP contribution in [0.1, 0.15) is 20.3 Å². The lowest BCUT2D eigenvalue weighted by Gasteiger charge is -2.15. The first kappa shape index (κ1) is 13.2. The predicted molar refractivity (Wildman–Crippen MR) is 56.6 cm³/mol. The predicted octanol–water partition coefficient (Wildman–Crippen LogP) is 1.23. The molecule has 0 heterocycles. The van der Waals surface area contributed by atoms with Crippen molar-refractivity contribution in [2.24, 2.45) is 0 Å². The third-order valence-corrected chi connectivity index (χ3v) is 2.24. The van der Waals surface area contributed by atoms with E-state index in [9.17, 15) is 4.79 Å². The molecule has 0 N–H and O–H groups in total. The number of carbonyl (C=O) groups is 1. The number of hydrogen-bond donors (Lipinski definition) is 0. The summed E-state index contributed by atoms with van der Waals surface area (Å²) in [4.78, 5) is 10.7. The summed E-state index contributed by atoms with van der Waals surface area (Å²) in [5.41, 5.74) is 0. The number of esters is 1. The molecule has 1 rings (SSSR count). The Kier molecular flexibility index (Phi) is 5.45. The molecule has 0 aromatic rings. The topological polar surface area (TPSA) is 54.0 Å². The van der Waals surface area contributed by atoms with Crippen LogP contribution in [0.25, 0.3) is 0 Å². The van der Waals surface area contributed by atoms with Crippen molar-refractivity contribution < 1.29 is 23.7 Å². The Balaban J connectivity index is 2.13. The van der Waals surface area contributed by atoms with Gasteiger partial charge >= 0.3 is 5.97 Å². The third kappa shape index (κ3) is 4.74. The Morgan fingerprint density at radius 1 is 1.44 bits per heavy atom. The molecular formula is C11H18O5. The van der Waals surface area contributed by atoms with E-state index in [-0.39, 0.29) is 31.3 Å². The molecule has 92 valence electrons. The van der Waals surface area contributed by atoms with E-state index >= 15 is 0 Å². The van der Waals surface area contributed by atoms with E-state index in [1.165, 1.54) is 6.92 Å². The van der Waals surface area contributed by atoms with Crippen molar-refractivity contribution in [2.75, 3.05) is 13.9 Å². The van der Waals surface area contributed by atoms with Crippen molar-refractivity contribution in [3.8, 4) is 0 Å². The van der Waals surface area contributed by atoms with Crippen molar-refractivity contribution >= 4 is 5.97 Å². The Morgan fingerprint density at radius 3 is 2.75 bits per heavy atom. The lowest BCUT2D eigenvalue weighted by Crippen LogP contribution is -2.19. The van der Waals surface area contributed by atoms with E-state index in [1.54, 1.807) is 14.0 Å². The minimum absolute atomic E-state index is 0.0617. The van der Waals surface area contributed by atoms with E-state index in [0.717, 1.165) is 0 Å². The number of rotatable bonds is 6. The number of ether oxygens (including phenoxy) is 4. The van der Waals surface area contributed by atoms with Gasteiger partial charge in [-0.05, 0) is 13.0 Å². The first-order chi connectivity index (χ1) is 7.61. The van der Waals surface area contributed by atoms with Gasteiger partial charge in [0.1, 0.15) is 6.10 Å². The van der Waals surface area contributed by atoms with Crippen LogP contribution in [0.3, 0.4) is 0 Å².